The number of morpholine rings is 1. The van der Waals surface area contributed by atoms with Crippen molar-refractivity contribution in [2.24, 2.45) is 0 Å². The molecular weight excluding hydrogens is 410 g/mol. The highest BCUT2D eigenvalue weighted by Gasteiger charge is 2.12. The highest BCUT2D eigenvalue weighted by atomic mass is 79.9. The fraction of sp³-hybridized carbons (Fsp3) is 0.350. The minimum atomic E-state index is 0.632. The van der Waals surface area contributed by atoms with Crippen molar-refractivity contribution in [3.63, 3.8) is 0 Å². The standard InChI is InChI=1S/C20H24BrN3OS/c1-15-12-18(6-7-19(15)21)23-20(26)22-13-16-4-2-3-5-17(16)14-24-8-10-25-11-9-24/h2-7,12H,8-11,13-14H2,1H3,(H2,22,23,26). The third-order valence-electron chi connectivity index (χ3n) is 4.47. The van der Waals surface area contributed by atoms with Gasteiger partial charge in [-0.2, -0.15) is 0 Å². The molecule has 3 rings (SSSR count). The van der Waals surface area contributed by atoms with Crippen LogP contribution in [0.15, 0.2) is 46.9 Å². The van der Waals surface area contributed by atoms with Gasteiger partial charge in [0.05, 0.1) is 13.2 Å². The van der Waals surface area contributed by atoms with Gasteiger partial charge in [-0.3, -0.25) is 4.90 Å². The Morgan fingerprint density at radius 2 is 1.88 bits per heavy atom. The van der Waals surface area contributed by atoms with Gasteiger partial charge in [0.1, 0.15) is 0 Å². The summed E-state index contributed by atoms with van der Waals surface area (Å²) >= 11 is 8.97. The third-order valence-corrected chi connectivity index (χ3v) is 5.61. The first kappa shape index (κ1) is 19.3. The Morgan fingerprint density at radius 3 is 2.62 bits per heavy atom. The zero-order chi connectivity index (χ0) is 18.4. The van der Waals surface area contributed by atoms with Crippen LogP contribution in [0, 0.1) is 6.92 Å². The number of halogens is 1. The van der Waals surface area contributed by atoms with Crippen LogP contribution in [0.25, 0.3) is 0 Å². The molecule has 1 aliphatic heterocycles. The van der Waals surface area contributed by atoms with Gasteiger partial charge in [-0.05, 0) is 54.0 Å². The highest BCUT2D eigenvalue weighted by molar-refractivity contribution is 9.10. The summed E-state index contributed by atoms with van der Waals surface area (Å²) in [5.41, 5.74) is 4.78. The van der Waals surface area contributed by atoms with E-state index in [1.54, 1.807) is 0 Å². The molecule has 0 bridgehead atoms. The summed E-state index contributed by atoms with van der Waals surface area (Å²) in [5, 5.41) is 7.21. The summed E-state index contributed by atoms with van der Waals surface area (Å²) in [6.07, 6.45) is 0. The van der Waals surface area contributed by atoms with Crippen molar-refractivity contribution in [2.45, 2.75) is 20.0 Å². The number of thiocarbonyl (C=S) groups is 1. The smallest absolute Gasteiger partial charge is 0.171 e. The van der Waals surface area contributed by atoms with E-state index in [1.165, 1.54) is 16.7 Å². The van der Waals surface area contributed by atoms with Crippen LogP contribution in [0.5, 0.6) is 0 Å². The van der Waals surface area contributed by atoms with E-state index in [0.29, 0.717) is 11.7 Å². The van der Waals surface area contributed by atoms with Crippen molar-refractivity contribution < 1.29 is 4.74 Å². The number of nitrogens with zero attached hydrogens (tertiary/aromatic N) is 1. The summed E-state index contributed by atoms with van der Waals surface area (Å²) in [6, 6.07) is 14.6. The largest absolute Gasteiger partial charge is 0.379 e. The first-order chi connectivity index (χ1) is 12.6. The summed E-state index contributed by atoms with van der Waals surface area (Å²) in [5.74, 6) is 0. The highest BCUT2D eigenvalue weighted by Crippen LogP contribution is 2.20. The molecule has 0 atom stereocenters. The van der Waals surface area contributed by atoms with E-state index in [2.05, 4.69) is 68.7 Å². The number of rotatable bonds is 5. The first-order valence-electron chi connectivity index (χ1n) is 8.80. The van der Waals surface area contributed by atoms with Crippen LogP contribution in [-0.4, -0.2) is 36.3 Å². The topological polar surface area (TPSA) is 36.5 Å². The molecule has 0 aliphatic carbocycles. The molecule has 1 aliphatic rings. The number of aryl methyl sites for hydroxylation is 1. The van der Waals surface area contributed by atoms with E-state index in [4.69, 9.17) is 17.0 Å². The van der Waals surface area contributed by atoms with Gasteiger partial charge in [-0.1, -0.05) is 40.2 Å². The van der Waals surface area contributed by atoms with Crippen LogP contribution in [0.3, 0.4) is 0 Å². The van der Waals surface area contributed by atoms with Gasteiger partial charge in [0, 0.05) is 36.3 Å². The first-order valence-corrected chi connectivity index (χ1v) is 10.00. The Labute approximate surface area is 169 Å². The quantitative estimate of drug-likeness (QED) is 0.694. The molecule has 0 aromatic heterocycles. The molecule has 4 nitrogen and oxygen atoms in total. The third kappa shape index (κ3) is 5.51. The van der Waals surface area contributed by atoms with Gasteiger partial charge < -0.3 is 15.4 Å². The summed E-state index contributed by atoms with van der Waals surface area (Å²) in [6.45, 7) is 7.35. The molecule has 0 unspecified atom stereocenters. The van der Waals surface area contributed by atoms with E-state index < -0.39 is 0 Å². The van der Waals surface area contributed by atoms with E-state index in [9.17, 15) is 0 Å². The second-order valence-electron chi connectivity index (χ2n) is 6.43. The van der Waals surface area contributed by atoms with E-state index in [-0.39, 0.29) is 0 Å². The Morgan fingerprint density at radius 1 is 1.15 bits per heavy atom. The molecule has 1 saturated heterocycles. The molecular formula is C20H24BrN3OS. The van der Waals surface area contributed by atoms with Crippen molar-refractivity contribution in [3.8, 4) is 0 Å². The maximum Gasteiger partial charge on any atom is 0.171 e. The van der Waals surface area contributed by atoms with Crippen molar-refractivity contribution in [3.05, 3.63) is 63.6 Å². The van der Waals surface area contributed by atoms with Crippen LogP contribution >= 0.6 is 28.1 Å². The zero-order valence-electron chi connectivity index (χ0n) is 14.9. The van der Waals surface area contributed by atoms with Crippen LogP contribution in [0.1, 0.15) is 16.7 Å². The lowest BCUT2D eigenvalue weighted by atomic mass is 10.1. The Balaban J connectivity index is 1.56. The van der Waals surface area contributed by atoms with Gasteiger partial charge >= 0.3 is 0 Å². The molecule has 138 valence electrons. The molecule has 2 aromatic carbocycles. The molecule has 1 heterocycles. The molecule has 0 amide bonds. The minimum Gasteiger partial charge on any atom is -0.379 e. The lowest BCUT2D eigenvalue weighted by Gasteiger charge is -2.27. The lowest BCUT2D eigenvalue weighted by Crippen LogP contribution is -2.36. The van der Waals surface area contributed by atoms with Gasteiger partial charge in [0.15, 0.2) is 5.11 Å². The number of benzene rings is 2. The van der Waals surface area contributed by atoms with Crippen LogP contribution < -0.4 is 10.6 Å². The summed E-state index contributed by atoms with van der Waals surface area (Å²) < 4.78 is 6.53. The molecule has 1 fully saturated rings. The van der Waals surface area contributed by atoms with E-state index in [1.807, 2.05) is 12.1 Å². The van der Waals surface area contributed by atoms with Crippen molar-refractivity contribution in [1.29, 1.82) is 0 Å². The second kappa shape index (κ2) is 9.46. The second-order valence-corrected chi connectivity index (χ2v) is 7.69. The number of anilines is 1. The fourth-order valence-corrected chi connectivity index (χ4v) is 3.39. The molecule has 2 N–H and O–H groups in total. The Bertz CT molecular complexity index is 762. The molecule has 0 spiro atoms. The van der Waals surface area contributed by atoms with Gasteiger partial charge in [-0.25, -0.2) is 0 Å². The normalized spacial score (nSPS) is 14.8. The average Bonchev–Trinajstić information content (AvgIpc) is 2.65. The van der Waals surface area contributed by atoms with E-state index in [0.717, 1.165) is 43.0 Å². The van der Waals surface area contributed by atoms with Gasteiger partial charge in [-0.15, -0.1) is 0 Å². The monoisotopic (exact) mass is 433 g/mol. The van der Waals surface area contributed by atoms with Crippen LogP contribution in [-0.2, 0) is 17.8 Å². The average molecular weight is 434 g/mol. The maximum absolute atomic E-state index is 5.46. The maximum atomic E-state index is 5.46. The number of nitrogens with one attached hydrogen (secondary N) is 2. The molecule has 6 heteroatoms. The minimum absolute atomic E-state index is 0.632. The molecule has 26 heavy (non-hydrogen) atoms. The number of hydrogen-bond donors (Lipinski definition) is 2. The van der Waals surface area contributed by atoms with Gasteiger partial charge in [0.25, 0.3) is 0 Å². The predicted molar refractivity (Wildman–Crippen MR) is 114 cm³/mol. The lowest BCUT2D eigenvalue weighted by molar-refractivity contribution is 0.0341. The molecule has 2 aromatic rings. The van der Waals surface area contributed by atoms with Gasteiger partial charge in [0.2, 0.25) is 0 Å². The zero-order valence-corrected chi connectivity index (χ0v) is 17.3. The molecule has 0 saturated carbocycles. The van der Waals surface area contributed by atoms with Crippen molar-refractivity contribution in [2.75, 3.05) is 31.6 Å². The Hall–Kier alpha value is -1.47. The SMILES string of the molecule is Cc1cc(NC(=S)NCc2ccccc2CN2CCOCC2)ccc1Br. The summed E-state index contributed by atoms with van der Waals surface area (Å²) in [4.78, 5) is 2.43. The van der Waals surface area contributed by atoms with Crippen molar-refractivity contribution in [1.82, 2.24) is 10.2 Å². The van der Waals surface area contributed by atoms with E-state index >= 15 is 0 Å². The fourth-order valence-electron chi connectivity index (χ4n) is 2.96. The number of hydrogen-bond acceptors (Lipinski definition) is 3. The van der Waals surface area contributed by atoms with Crippen molar-refractivity contribution >= 4 is 38.9 Å². The van der Waals surface area contributed by atoms with Crippen LogP contribution in [0.4, 0.5) is 5.69 Å². The Kier molecular flexibility index (Phi) is 7.02. The van der Waals surface area contributed by atoms with Crippen LogP contribution in [0.2, 0.25) is 0 Å². The number of ether oxygens (including phenoxy) is 1. The molecule has 0 radical (unpaired) electrons. The summed E-state index contributed by atoms with van der Waals surface area (Å²) in [7, 11) is 0. The predicted octanol–water partition coefficient (Wildman–Crippen LogP) is 4.08.